The van der Waals surface area contributed by atoms with E-state index in [2.05, 4.69) is 44.9 Å². The third kappa shape index (κ3) is 6.58. The zero-order valence-corrected chi connectivity index (χ0v) is 21.7. The number of nitrogens with one attached hydrogen (secondary N) is 2. The Bertz CT molecular complexity index is 869. The molecule has 0 bridgehead atoms. The van der Waals surface area contributed by atoms with Crippen LogP contribution in [0.1, 0.15) is 53.1 Å². The van der Waals surface area contributed by atoms with E-state index >= 15 is 0 Å². The highest BCUT2D eigenvalue weighted by atomic mass is 127. The van der Waals surface area contributed by atoms with Gasteiger partial charge in [0.15, 0.2) is 5.96 Å². The van der Waals surface area contributed by atoms with Crippen LogP contribution in [0.2, 0.25) is 0 Å². The van der Waals surface area contributed by atoms with Crippen molar-refractivity contribution < 1.29 is 9.53 Å². The minimum atomic E-state index is -0.308. The second kappa shape index (κ2) is 11.3. The first-order valence-electron chi connectivity index (χ1n) is 9.82. The van der Waals surface area contributed by atoms with E-state index in [1.54, 1.807) is 14.0 Å². The van der Waals surface area contributed by atoms with Crippen LogP contribution in [0.4, 0.5) is 0 Å². The molecule has 30 heavy (non-hydrogen) atoms. The number of halogens is 1. The number of hydrogen-bond acceptors (Lipinski definition) is 6. The van der Waals surface area contributed by atoms with Gasteiger partial charge in [0, 0.05) is 23.2 Å². The number of carbonyl (C=O) groups excluding carboxylic acids is 1. The number of aromatic nitrogens is 1. The summed E-state index contributed by atoms with van der Waals surface area (Å²) in [6, 6.07) is 10.5. The molecule has 1 aliphatic carbocycles. The summed E-state index contributed by atoms with van der Waals surface area (Å²) < 4.78 is 5.34. The Balaban J connectivity index is 0.00000320. The average molecular weight is 561 g/mol. The van der Waals surface area contributed by atoms with Gasteiger partial charge < -0.3 is 15.4 Å². The minimum absolute atomic E-state index is 0. The van der Waals surface area contributed by atoms with Crippen molar-refractivity contribution in [1.29, 1.82) is 0 Å². The van der Waals surface area contributed by atoms with Crippen LogP contribution in [0.15, 0.2) is 40.2 Å². The fourth-order valence-electron chi connectivity index (χ4n) is 2.89. The molecule has 3 rings (SSSR count). The van der Waals surface area contributed by atoms with E-state index in [1.807, 2.05) is 31.7 Å². The van der Waals surface area contributed by atoms with Gasteiger partial charge in [-0.15, -0.1) is 47.1 Å². The summed E-state index contributed by atoms with van der Waals surface area (Å²) in [5, 5.41) is 7.69. The first-order chi connectivity index (χ1) is 14.0. The molecular formula is C21H29IN4O2S2. The number of nitrogens with zero attached hydrogens (tertiary/aromatic N) is 2. The van der Waals surface area contributed by atoms with Crippen LogP contribution in [0, 0.1) is 6.92 Å². The third-order valence-corrected chi connectivity index (χ3v) is 7.50. The zero-order chi connectivity index (χ0) is 20.9. The predicted octanol–water partition coefficient (Wildman–Crippen LogP) is 4.80. The Morgan fingerprint density at radius 1 is 1.37 bits per heavy atom. The molecule has 2 N–H and O–H groups in total. The summed E-state index contributed by atoms with van der Waals surface area (Å²) in [5.41, 5.74) is 0.705. The molecular weight excluding hydrogens is 531 g/mol. The zero-order valence-electron chi connectivity index (χ0n) is 17.7. The fourth-order valence-corrected chi connectivity index (χ4v) is 5.09. The summed E-state index contributed by atoms with van der Waals surface area (Å²) in [4.78, 5) is 22.8. The maximum atomic E-state index is 12.0. The molecule has 1 aliphatic rings. The number of aryl methyl sites for hydroxylation is 1. The van der Waals surface area contributed by atoms with E-state index < -0.39 is 0 Å². The lowest BCUT2D eigenvalue weighted by atomic mass is 10.3. The largest absolute Gasteiger partial charge is 0.462 e. The topological polar surface area (TPSA) is 75.6 Å². The van der Waals surface area contributed by atoms with E-state index in [-0.39, 0.29) is 40.7 Å². The number of guanidine groups is 1. The summed E-state index contributed by atoms with van der Waals surface area (Å²) in [5.74, 6) is 0.431. The molecule has 164 valence electrons. The maximum Gasteiger partial charge on any atom is 0.350 e. The van der Waals surface area contributed by atoms with Crippen molar-refractivity contribution in [3.8, 4) is 0 Å². The molecule has 9 heteroatoms. The van der Waals surface area contributed by atoms with Crippen LogP contribution in [-0.4, -0.2) is 41.9 Å². The molecule has 1 fully saturated rings. The van der Waals surface area contributed by atoms with Crippen LogP contribution in [-0.2, 0) is 4.74 Å². The molecule has 1 atom stereocenters. The van der Waals surface area contributed by atoms with Crippen molar-refractivity contribution in [2.24, 2.45) is 4.99 Å². The lowest BCUT2D eigenvalue weighted by Gasteiger charge is -2.20. The molecule has 0 aliphatic heterocycles. The number of aliphatic imine (C=N–C) groups is 1. The quantitative estimate of drug-likeness (QED) is 0.209. The third-order valence-electron chi connectivity index (χ3n) is 4.68. The number of benzene rings is 1. The Morgan fingerprint density at radius 2 is 2.07 bits per heavy atom. The summed E-state index contributed by atoms with van der Waals surface area (Å²) in [6.07, 6.45) is 2.39. The van der Waals surface area contributed by atoms with Crippen molar-refractivity contribution in [2.75, 3.05) is 20.2 Å². The normalized spacial score (nSPS) is 15.7. The first-order valence-corrected chi connectivity index (χ1v) is 11.5. The van der Waals surface area contributed by atoms with Gasteiger partial charge in [-0.3, -0.25) is 4.99 Å². The minimum Gasteiger partial charge on any atom is -0.462 e. The summed E-state index contributed by atoms with van der Waals surface area (Å²) >= 11 is 3.30. The number of thiazole rings is 1. The lowest BCUT2D eigenvalue weighted by molar-refractivity contribution is 0.0531. The van der Waals surface area contributed by atoms with Gasteiger partial charge in [-0.1, -0.05) is 18.2 Å². The number of carbonyl (C=O) groups is 1. The Morgan fingerprint density at radius 3 is 2.67 bits per heavy atom. The van der Waals surface area contributed by atoms with Crippen LogP contribution >= 0.6 is 47.1 Å². The highest BCUT2D eigenvalue weighted by molar-refractivity contribution is 14.0. The molecule has 2 aromatic rings. The van der Waals surface area contributed by atoms with Gasteiger partial charge in [0.25, 0.3) is 0 Å². The Hall–Kier alpha value is -1.33. The van der Waals surface area contributed by atoms with Crippen LogP contribution in [0.3, 0.4) is 0 Å². The molecule has 1 aromatic carbocycles. The molecule has 1 unspecified atom stereocenters. The molecule has 0 saturated heterocycles. The van der Waals surface area contributed by atoms with Gasteiger partial charge in [-0.25, -0.2) is 9.78 Å². The number of thioether (sulfide) groups is 1. The fraction of sp³-hybridized carbons (Fsp3) is 0.476. The van der Waals surface area contributed by atoms with Crippen LogP contribution in [0.5, 0.6) is 0 Å². The highest BCUT2D eigenvalue weighted by Gasteiger charge is 2.43. The number of esters is 1. The molecule has 0 radical (unpaired) electrons. The van der Waals surface area contributed by atoms with E-state index in [4.69, 9.17) is 4.74 Å². The molecule has 0 spiro atoms. The van der Waals surface area contributed by atoms with Crippen molar-refractivity contribution in [1.82, 2.24) is 15.6 Å². The van der Waals surface area contributed by atoms with Crippen molar-refractivity contribution >= 4 is 59.0 Å². The van der Waals surface area contributed by atoms with Crippen LogP contribution < -0.4 is 10.6 Å². The predicted molar refractivity (Wildman–Crippen MR) is 135 cm³/mol. The Kier molecular flexibility index (Phi) is 9.42. The second-order valence-electron chi connectivity index (χ2n) is 7.08. The lowest BCUT2D eigenvalue weighted by Crippen LogP contribution is -2.42. The van der Waals surface area contributed by atoms with Crippen molar-refractivity contribution in [2.45, 2.75) is 49.3 Å². The van der Waals surface area contributed by atoms with E-state index in [1.165, 1.54) is 29.1 Å². The molecule has 0 amide bonds. The highest BCUT2D eigenvalue weighted by Crippen LogP contribution is 2.51. The maximum absolute atomic E-state index is 12.0. The first kappa shape index (κ1) is 24.9. The standard InChI is InChI=1S/C21H28N4O2S2.HI/c1-5-27-19(26)17-14(2)24-18(28-17)15(3)25-20(22-4)23-13-21(11-12-21)29-16-9-7-6-8-10-16;/h6-10,15H,5,11-13H2,1-4H3,(H2,22,23,25);1H. The molecule has 6 nitrogen and oxygen atoms in total. The summed E-state index contributed by atoms with van der Waals surface area (Å²) in [7, 11) is 1.77. The van der Waals surface area contributed by atoms with Gasteiger partial charge in [-0.05, 0) is 45.7 Å². The monoisotopic (exact) mass is 560 g/mol. The molecule has 1 saturated carbocycles. The van der Waals surface area contributed by atoms with E-state index in [0.717, 1.165) is 17.5 Å². The van der Waals surface area contributed by atoms with E-state index in [9.17, 15) is 4.79 Å². The van der Waals surface area contributed by atoms with Gasteiger partial charge in [0.2, 0.25) is 0 Å². The molecule has 1 heterocycles. The van der Waals surface area contributed by atoms with Crippen LogP contribution in [0.25, 0.3) is 0 Å². The second-order valence-corrected chi connectivity index (χ2v) is 9.65. The summed E-state index contributed by atoms with van der Waals surface area (Å²) in [6.45, 7) is 6.87. The number of ether oxygens (including phenoxy) is 1. The van der Waals surface area contributed by atoms with Gasteiger partial charge in [-0.2, -0.15) is 0 Å². The van der Waals surface area contributed by atoms with Gasteiger partial charge >= 0.3 is 5.97 Å². The smallest absolute Gasteiger partial charge is 0.350 e. The van der Waals surface area contributed by atoms with Crippen molar-refractivity contribution in [3.05, 3.63) is 45.9 Å². The SMILES string of the molecule is CCOC(=O)c1sc(C(C)NC(=NC)NCC2(Sc3ccccc3)CC2)nc1C.I. The van der Waals surface area contributed by atoms with E-state index in [0.29, 0.717) is 17.2 Å². The van der Waals surface area contributed by atoms with Gasteiger partial charge in [0.1, 0.15) is 9.88 Å². The molecule has 1 aromatic heterocycles. The van der Waals surface area contributed by atoms with Crippen molar-refractivity contribution in [3.63, 3.8) is 0 Å². The number of rotatable bonds is 8. The van der Waals surface area contributed by atoms with Gasteiger partial charge in [0.05, 0.1) is 18.3 Å². The Labute approximate surface area is 203 Å². The number of hydrogen-bond donors (Lipinski definition) is 2. The average Bonchev–Trinajstić information content (AvgIpc) is 3.36.